The van der Waals surface area contributed by atoms with E-state index in [9.17, 15) is 0 Å². The minimum atomic E-state index is 0.964. The lowest BCUT2D eigenvalue weighted by atomic mass is 10.2. The summed E-state index contributed by atoms with van der Waals surface area (Å²) < 4.78 is 1.77. The van der Waals surface area contributed by atoms with E-state index in [4.69, 9.17) is 0 Å². The first-order valence-corrected chi connectivity index (χ1v) is 4.76. The molecule has 2 aromatic rings. The Morgan fingerprint density at radius 3 is 2.50 bits per heavy atom. The van der Waals surface area contributed by atoms with Crippen LogP contribution in [-0.2, 0) is 7.05 Å². The molecule has 3 heteroatoms. The number of aryl methyl sites for hydroxylation is 1. The summed E-state index contributed by atoms with van der Waals surface area (Å²) in [6, 6.07) is 5.84. The number of pyridine rings is 1. The topological polar surface area (TPSA) is 30.7 Å². The summed E-state index contributed by atoms with van der Waals surface area (Å²) in [4.78, 5) is 4.21. The lowest BCUT2D eigenvalue weighted by Gasteiger charge is -1.92. The second kappa shape index (κ2) is 5.17. The van der Waals surface area contributed by atoms with E-state index in [1.807, 2.05) is 51.5 Å². The van der Waals surface area contributed by atoms with E-state index in [2.05, 4.69) is 10.1 Å². The van der Waals surface area contributed by atoms with Crippen molar-refractivity contribution in [2.45, 2.75) is 13.8 Å². The Hall–Kier alpha value is -1.64. The van der Waals surface area contributed by atoms with Gasteiger partial charge in [0, 0.05) is 25.0 Å². The van der Waals surface area contributed by atoms with Gasteiger partial charge < -0.3 is 0 Å². The molecule has 14 heavy (non-hydrogen) atoms. The van der Waals surface area contributed by atoms with Crippen molar-refractivity contribution in [2.24, 2.45) is 7.05 Å². The molecule has 0 saturated heterocycles. The third-order valence-corrected chi connectivity index (χ3v) is 1.67. The molecule has 0 unspecified atom stereocenters. The molecule has 2 heterocycles. The van der Waals surface area contributed by atoms with Crippen LogP contribution in [0.4, 0.5) is 0 Å². The van der Waals surface area contributed by atoms with Gasteiger partial charge in [-0.25, -0.2) is 0 Å². The summed E-state index contributed by atoms with van der Waals surface area (Å²) in [7, 11) is 1.90. The summed E-state index contributed by atoms with van der Waals surface area (Å²) >= 11 is 0. The first-order chi connectivity index (χ1) is 6.86. The molecular formula is C11H15N3. The van der Waals surface area contributed by atoms with Gasteiger partial charge in [-0.3, -0.25) is 9.67 Å². The zero-order chi connectivity index (χ0) is 10.4. The van der Waals surface area contributed by atoms with Crippen molar-refractivity contribution in [1.29, 1.82) is 0 Å². The average molecular weight is 189 g/mol. The predicted octanol–water partition coefficient (Wildman–Crippen LogP) is 2.51. The summed E-state index contributed by atoms with van der Waals surface area (Å²) in [5.74, 6) is 0. The molecule has 3 nitrogen and oxygen atoms in total. The molecule has 0 saturated carbocycles. The summed E-state index contributed by atoms with van der Waals surface area (Å²) in [5, 5.41) is 4.07. The van der Waals surface area contributed by atoms with Gasteiger partial charge >= 0.3 is 0 Å². The van der Waals surface area contributed by atoms with E-state index in [1.54, 1.807) is 10.9 Å². The molecule has 0 aliphatic carbocycles. The van der Waals surface area contributed by atoms with Crippen LogP contribution in [0.1, 0.15) is 13.8 Å². The maximum Gasteiger partial charge on any atom is 0.0733 e. The standard InChI is InChI=1S/C9H9N3.C2H6/c1-12-7-8(6-11-12)9-4-2-3-5-10-9;1-2/h2-7H,1H3;1-2H3. The minimum Gasteiger partial charge on any atom is -0.275 e. The number of rotatable bonds is 1. The van der Waals surface area contributed by atoms with Crippen molar-refractivity contribution in [3.63, 3.8) is 0 Å². The van der Waals surface area contributed by atoms with Gasteiger partial charge in [0.05, 0.1) is 11.9 Å². The van der Waals surface area contributed by atoms with Crippen LogP contribution in [0, 0.1) is 0 Å². The minimum absolute atomic E-state index is 0.964. The molecule has 0 radical (unpaired) electrons. The lowest BCUT2D eigenvalue weighted by molar-refractivity contribution is 0.768. The van der Waals surface area contributed by atoms with Gasteiger partial charge in [-0.05, 0) is 12.1 Å². The van der Waals surface area contributed by atoms with Gasteiger partial charge in [-0.15, -0.1) is 0 Å². The van der Waals surface area contributed by atoms with Crippen LogP contribution in [0.15, 0.2) is 36.8 Å². The Morgan fingerprint density at radius 1 is 1.21 bits per heavy atom. The second-order valence-corrected chi connectivity index (χ2v) is 2.62. The van der Waals surface area contributed by atoms with E-state index < -0.39 is 0 Å². The molecule has 0 aliphatic rings. The van der Waals surface area contributed by atoms with E-state index in [0.717, 1.165) is 11.3 Å². The fourth-order valence-electron chi connectivity index (χ4n) is 1.09. The number of aromatic nitrogens is 3. The Morgan fingerprint density at radius 2 is 2.00 bits per heavy atom. The van der Waals surface area contributed by atoms with Crippen molar-refractivity contribution in [3.05, 3.63) is 36.8 Å². The quantitative estimate of drug-likeness (QED) is 0.690. The monoisotopic (exact) mass is 189 g/mol. The SMILES string of the molecule is CC.Cn1cc(-c2ccccn2)cn1. The van der Waals surface area contributed by atoms with Crippen molar-refractivity contribution in [1.82, 2.24) is 14.8 Å². The second-order valence-electron chi connectivity index (χ2n) is 2.62. The summed E-state index contributed by atoms with van der Waals surface area (Å²) in [6.45, 7) is 4.00. The highest BCUT2D eigenvalue weighted by atomic mass is 15.2. The number of hydrogen-bond donors (Lipinski definition) is 0. The molecule has 0 aromatic carbocycles. The van der Waals surface area contributed by atoms with Crippen LogP contribution in [0.5, 0.6) is 0 Å². The fourth-order valence-corrected chi connectivity index (χ4v) is 1.09. The molecule has 0 N–H and O–H groups in total. The normalized spacial score (nSPS) is 9.07. The molecule has 2 rings (SSSR count). The van der Waals surface area contributed by atoms with Gasteiger partial charge in [0.15, 0.2) is 0 Å². The van der Waals surface area contributed by atoms with Crippen LogP contribution < -0.4 is 0 Å². The first-order valence-electron chi connectivity index (χ1n) is 4.76. The van der Waals surface area contributed by atoms with Gasteiger partial charge in [0.2, 0.25) is 0 Å². The third-order valence-electron chi connectivity index (χ3n) is 1.67. The molecule has 0 amide bonds. The van der Waals surface area contributed by atoms with Crippen LogP contribution in [-0.4, -0.2) is 14.8 Å². The Bertz CT molecular complexity index is 365. The van der Waals surface area contributed by atoms with Crippen LogP contribution in [0.25, 0.3) is 11.3 Å². The summed E-state index contributed by atoms with van der Waals surface area (Å²) in [5.41, 5.74) is 2.02. The molecule has 0 spiro atoms. The molecule has 0 bridgehead atoms. The Balaban J connectivity index is 0.000000461. The highest BCUT2D eigenvalue weighted by molar-refractivity contribution is 5.56. The van der Waals surface area contributed by atoms with Crippen molar-refractivity contribution < 1.29 is 0 Å². The smallest absolute Gasteiger partial charge is 0.0733 e. The van der Waals surface area contributed by atoms with Gasteiger partial charge in [0.25, 0.3) is 0 Å². The number of hydrogen-bond acceptors (Lipinski definition) is 2. The molecule has 0 atom stereocenters. The Kier molecular flexibility index (Phi) is 3.85. The zero-order valence-electron chi connectivity index (χ0n) is 8.81. The maximum absolute atomic E-state index is 4.21. The molecule has 0 aliphatic heterocycles. The number of nitrogens with zero attached hydrogens (tertiary/aromatic N) is 3. The van der Waals surface area contributed by atoms with Gasteiger partial charge in [0.1, 0.15) is 0 Å². The lowest BCUT2D eigenvalue weighted by Crippen LogP contribution is -1.84. The van der Waals surface area contributed by atoms with E-state index in [0.29, 0.717) is 0 Å². The highest BCUT2D eigenvalue weighted by Gasteiger charge is 1.98. The van der Waals surface area contributed by atoms with Gasteiger partial charge in [-0.2, -0.15) is 5.10 Å². The van der Waals surface area contributed by atoms with Crippen LogP contribution in [0.3, 0.4) is 0 Å². The first kappa shape index (κ1) is 10.4. The largest absolute Gasteiger partial charge is 0.275 e. The van der Waals surface area contributed by atoms with Crippen LogP contribution in [0.2, 0.25) is 0 Å². The molecular weight excluding hydrogens is 174 g/mol. The summed E-state index contributed by atoms with van der Waals surface area (Å²) in [6.07, 6.45) is 5.53. The average Bonchev–Trinajstić information content (AvgIpc) is 2.69. The van der Waals surface area contributed by atoms with E-state index in [-0.39, 0.29) is 0 Å². The molecule has 0 fully saturated rings. The molecule has 2 aromatic heterocycles. The van der Waals surface area contributed by atoms with Crippen molar-refractivity contribution in [3.8, 4) is 11.3 Å². The maximum atomic E-state index is 4.21. The third kappa shape index (κ3) is 2.42. The Labute approximate surface area is 84.4 Å². The van der Waals surface area contributed by atoms with Crippen LogP contribution >= 0.6 is 0 Å². The fraction of sp³-hybridized carbons (Fsp3) is 0.273. The zero-order valence-corrected chi connectivity index (χ0v) is 8.81. The predicted molar refractivity (Wildman–Crippen MR) is 57.8 cm³/mol. The van der Waals surface area contributed by atoms with E-state index >= 15 is 0 Å². The molecule has 74 valence electrons. The van der Waals surface area contributed by atoms with Gasteiger partial charge in [-0.1, -0.05) is 19.9 Å². The highest BCUT2D eigenvalue weighted by Crippen LogP contribution is 2.13. The van der Waals surface area contributed by atoms with Crippen molar-refractivity contribution in [2.75, 3.05) is 0 Å². The van der Waals surface area contributed by atoms with E-state index in [1.165, 1.54) is 0 Å². The van der Waals surface area contributed by atoms with Crippen molar-refractivity contribution >= 4 is 0 Å².